The van der Waals surface area contributed by atoms with E-state index in [1.54, 1.807) is 0 Å². The highest BCUT2D eigenvalue weighted by atomic mass is 15.1. The number of benzene rings is 11. The summed E-state index contributed by atoms with van der Waals surface area (Å²) in [5.41, 5.74) is 26.6. The molecule has 11 aromatic carbocycles. The molecular weight excluding hydrogens is 867 g/mol. The van der Waals surface area contributed by atoms with E-state index in [9.17, 15) is 0 Å². The SMILES string of the molecule is c1ccc(B2c3ccccc3Nc3cc(-c4cc(-c5ccc6c(c5)Nc5ccccc5B6c5ccccc5)cc(-c5ccc6c(c5)N(c5ccccc5)c5ccccc5B6c5ccccc5)c4)ccc32)cc1. The van der Waals surface area contributed by atoms with Crippen LogP contribution in [0, 0.1) is 0 Å². The van der Waals surface area contributed by atoms with Crippen molar-refractivity contribution < 1.29 is 0 Å². The first-order valence-electron chi connectivity index (χ1n) is 25.1. The molecule has 0 atom stereocenters. The molecule has 0 aliphatic carbocycles. The third-order valence-corrected chi connectivity index (χ3v) is 15.2. The topological polar surface area (TPSA) is 27.3 Å². The summed E-state index contributed by atoms with van der Waals surface area (Å²) in [6.45, 7) is 0.319. The molecule has 0 bridgehead atoms. The number of nitrogens with zero attached hydrogens (tertiary/aromatic N) is 1. The summed E-state index contributed by atoms with van der Waals surface area (Å²) in [4.78, 5) is 2.46. The Kier molecular flexibility index (Phi) is 10.2. The van der Waals surface area contributed by atoms with Crippen molar-refractivity contribution in [1.82, 2.24) is 0 Å². The standard InChI is InChI=1S/C66H46B3N3/c1-5-19-51(20-6-1)67-55-27-13-16-30-61(55)70-63-42-45(33-36-57(63)67)48-39-49(46-34-37-58-64(43-46)71-62-31-17-14-28-56(62)68(58)52-21-7-2-8-22-52)41-50(40-48)47-35-38-60-66(44-47)72(54-25-11-4-12-26-54)65-32-18-15-29-59(65)69(60)53-23-9-3-10-24-53/h1-44,70-71H. The van der Waals surface area contributed by atoms with Gasteiger partial charge in [0.1, 0.15) is 0 Å². The molecule has 6 heteroatoms. The fourth-order valence-electron chi connectivity index (χ4n) is 11.9. The lowest BCUT2D eigenvalue weighted by molar-refractivity contribution is 1.29. The third kappa shape index (κ3) is 7.17. The van der Waals surface area contributed by atoms with Crippen molar-refractivity contribution >= 4 is 109 Å². The Labute approximate surface area is 422 Å². The first kappa shape index (κ1) is 41.9. The quantitative estimate of drug-likeness (QED) is 0.156. The molecule has 3 nitrogen and oxygen atoms in total. The molecule has 14 rings (SSSR count). The number of rotatable bonds is 7. The first-order chi connectivity index (χ1) is 35.7. The first-order valence-corrected chi connectivity index (χ1v) is 25.1. The van der Waals surface area contributed by atoms with Gasteiger partial charge in [0.25, 0.3) is 0 Å². The van der Waals surface area contributed by atoms with Gasteiger partial charge < -0.3 is 15.5 Å². The monoisotopic (exact) mass is 913 g/mol. The summed E-state index contributed by atoms with van der Waals surface area (Å²) in [7, 11) is 0. The maximum Gasteiger partial charge on any atom is 0.246 e. The molecule has 0 fully saturated rings. The Hall–Kier alpha value is -8.99. The Balaban J connectivity index is 0.954. The van der Waals surface area contributed by atoms with E-state index < -0.39 is 0 Å². The zero-order valence-corrected chi connectivity index (χ0v) is 39.6. The van der Waals surface area contributed by atoms with Gasteiger partial charge in [-0.1, -0.05) is 217 Å². The van der Waals surface area contributed by atoms with Crippen LogP contribution in [-0.2, 0) is 0 Å². The Morgan fingerprint density at radius 3 is 1.07 bits per heavy atom. The lowest BCUT2D eigenvalue weighted by atomic mass is 9.35. The van der Waals surface area contributed by atoms with E-state index in [1.165, 1.54) is 60.5 Å². The maximum atomic E-state index is 3.87. The Morgan fingerprint density at radius 1 is 0.236 bits per heavy atom. The number of fused-ring (bicyclic) bond motifs is 6. The second-order valence-electron chi connectivity index (χ2n) is 19.4. The summed E-state index contributed by atoms with van der Waals surface area (Å²) in [5.74, 6) is 0. The van der Waals surface area contributed by atoms with Crippen molar-refractivity contribution in [3.8, 4) is 33.4 Å². The van der Waals surface area contributed by atoms with Gasteiger partial charge in [-0.2, -0.15) is 0 Å². The van der Waals surface area contributed by atoms with Gasteiger partial charge in [-0.3, -0.25) is 0 Å². The van der Waals surface area contributed by atoms with Crippen molar-refractivity contribution in [2.24, 2.45) is 0 Å². The number of hydrogen-bond acceptors (Lipinski definition) is 3. The molecule has 334 valence electrons. The maximum absolute atomic E-state index is 3.87. The van der Waals surface area contributed by atoms with Crippen LogP contribution in [0.2, 0.25) is 0 Å². The normalized spacial score (nSPS) is 12.8. The molecule has 3 aliphatic heterocycles. The van der Waals surface area contributed by atoms with Crippen molar-refractivity contribution in [2.45, 2.75) is 0 Å². The molecule has 0 spiro atoms. The summed E-state index contributed by atoms with van der Waals surface area (Å²) in [6.07, 6.45) is 0. The van der Waals surface area contributed by atoms with Crippen LogP contribution in [0.4, 0.5) is 39.8 Å². The van der Waals surface area contributed by atoms with Crippen LogP contribution < -0.4 is 64.7 Å². The molecule has 0 radical (unpaired) electrons. The molecule has 2 N–H and O–H groups in total. The average Bonchev–Trinajstić information content (AvgIpc) is 3.45. The van der Waals surface area contributed by atoms with Crippen LogP contribution in [-0.4, -0.2) is 20.1 Å². The van der Waals surface area contributed by atoms with Gasteiger partial charge in [0.05, 0.1) is 0 Å². The van der Waals surface area contributed by atoms with Gasteiger partial charge in [0.15, 0.2) is 0 Å². The van der Waals surface area contributed by atoms with E-state index in [0.717, 1.165) is 61.8 Å². The van der Waals surface area contributed by atoms with Crippen molar-refractivity contribution in [2.75, 3.05) is 15.5 Å². The second kappa shape index (κ2) is 17.5. The predicted molar refractivity (Wildman–Crippen MR) is 310 cm³/mol. The van der Waals surface area contributed by atoms with Gasteiger partial charge in [-0.15, -0.1) is 0 Å². The van der Waals surface area contributed by atoms with Gasteiger partial charge >= 0.3 is 0 Å². The molecule has 0 aromatic heterocycles. The second-order valence-corrected chi connectivity index (χ2v) is 19.4. The molecule has 0 saturated heterocycles. The minimum absolute atomic E-state index is 0.0778. The number of anilines is 7. The Bertz CT molecular complexity index is 3690. The zero-order chi connectivity index (χ0) is 47.5. The summed E-state index contributed by atoms with van der Waals surface area (Å²) in [5, 5.41) is 7.74. The lowest BCUT2D eigenvalue weighted by Gasteiger charge is -2.37. The fraction of sp³-hybridized carbons (Fsp3) is 0. The lowest BCUT2D eigenvalue weighted by Crippen LogP contribution is -2.57. The van der Waals surface area contributed by atoms with E-state index in [0.29, 0.717) is 0 Å². The van der Waals surface area contributed by atoms with Crippen LogP contribution in [0.5, 0.6) is 0 Å². The van der Waals surface area contributed by atoms with Crippen LogP contribution >= 0.6 is 0 Å². The smallest absolute Gasteiger partial charge is 0.246 e. The van der Waals surface area contributed by atoms with Crippen LogP contribution in [0.3, 0.4) is 0 Å². The highest BCUT2D eigenvalue weighted by Crippen LogP contribution is 2.40. The molecule has 3 heterocycles. The van der Waals surface area contributed by atoms with Gasteiger partial charge in [0.2, 0.25) is 20.1 Å². The van der Waals surface area contributed by atoms with E-state index in [-0.39, 0.29) is 20.1 Å². The highest BCUT2D eigenvalue weighted by molar-refractivity contribution is 6.99. The van der Waals surface area contributed by atoms with Crippen LogP contribution in [0.1, 0.15) is 0 Å². The van der Waals surface area contributed by atoms with E-state index in [1.807, 2.05) is 0 Å². The average molecular weight is 914 g/mol. The van der Waals surface area contributed by atoms with Crippen molar-refractivity contribution in [1.29, 1.82) is 0 Å². The molecule has 72 heavy (non-hydrogen) atoms. The number of nitrogens with one attached hydrogen (secondary N) is 2. The van der Waals surface area contributed by atoms with E-state index in [4.69, 9.17) is 0 Å². The van der Waals surface area contributed by atoms with Crippen molar-refractivity contribution in [3.05, 3.63) is 267 Å². The number of para-hydroxylation sites is 4. The Morgan fingerprint density at radius 2 is 0.583 bits per heavy atom. The van der Waals surface area contributed by atoms with Crippen LogP contribution in [0.15, 0.2) is 267 Å². The fourth-order valence-corrected chi connectivity index (χ4v) is 11.9. The molecular formula is C66H46B3N3. The third-order valence-electron chi connectivity index (χ3n) is 15.2. The van der Waals surface area contributed by atoms with Crippen LogP contribution in [0.25, 0.3) is 33.4 Å². The summed E-state index contributed by atoms with van der Waals surface area (Å²) < 4.78 is 0. The van der Waals surface area contributed by atoms with Gasteiger partial charge in [-0.25, -0.2) is 0 Å². The van der Waals surface area contributed by atoms with E-state index in [2.05, 4.69) is 282 Å². The number of hydrogen-bond donors (Lipinski definition) is 2. The largest absolute Gasteiger partial charge is 0.356 e. The molecule has 11 aromatic rings. The predicted octanol–water partition coefficient (Wildman–Crippen LogP) is 10.1. The van der Waals surface area contributed by atoms with Gasteiger partial charge in [0, 0.05) is 39.8 Å². The summed E-state index contributed by atoms with van der Waals surface area (Å²) in [6, 6.07) is 98.5. The van der Waals surface area contributed by atoms with E-state index >= 15 is 0 Å². The summed E-state index contributed by atoms with van der Waals surface area (Å²) >= 11 is 0. The molecule has 3 aliphatic rings. The van der Waals surface area contributed by atoms with Gasteiger partial charge in [-0.05, 0) is 133 Å². The zero-order valence-electron chi connectivity index (χ0n) is 39.6. The highest BCUT2D eigenvalue weighted by Gasteiger charge is 2.36. The molecule has 0 unspecified atom stereocenters. The molecule has 0 saturated carbocycles. The molecule has 0 amide bonds. The minimum atomic E-state index is 0.0778. The minimum Gasteiger partial charge on any atom is -0.356 e. The van der Waals surface area contributed by atoms with Crippen molar-refractivity contribution in [3.63, 3.8) is 0 Å².